The Morgan fingerprint density at radius 3 is 1.88 bits per heavy atom. The SMILES string of the molecule is CC1CCN(C(=O)N2CCCCCCC2)CC1. The molecule has 17 heavy (non-hydrogen) atoms. The lowest BCUT2D eigenvalue weighted by Crippen LogP contribution is -2.47. The van der Waals surface area contributed by atoms with Crippen molar-refractivity contribution in [2.45, 2.75) is 51.9 Å². The van der Waals surface area contributed by atoms with E-state index in [1.165, 1.54) is 44.9 Å². The average Bonchev–Trinajstić information content (AvgIpc) is 2.29. The predicted octanol–water partition coefficient (Wildman–Crippen LogP) is 3.10. The van der Waals surface area contributed by atoms with E-state index in [4.69, 9.17) is 0 Å². The lowest BCUT2D eigenvalue weighted by atomic mass is 9.99. The molecule has 2 amide bonds. The van der Waals surface area contributed by atoms with Gasteiger partial charge in [-0.1, -0.05) is 26.2 Å². The summed E-state index contributed by atoms with van der Waals surface area (Å²) in [4.78, 5) is 16.5. The molecule has 0 aromatic heterocycles. The summed E-state index contributed by atoms with van der Waals surface area (Å²) in [6.45, 7) is 6.18. The van der Waals surface area contributed by atoms with Gasteiger partial charge in [-0.2, -0.15) is 0 Å². The molecular formula is C14H26N2O. The summed E-state index contributed by atoms with van der Waals surface area (Å²) in [5.74, 6) is 0.798. The lowest BCUT2D eigenvalue weighted by molar-refractivity contribution is 0.131. The van der Waals surface area contributed by atoms with E-state index in [-0.39, 0.29) is 0 Å². The first-order chi connectivity index (χ1) is 8.27. The van der Waals surface area contributed by atoms with Crippen LogP contribution < -0.4 is 0 Å². The fourth-order valence-electron chi connectivity index (χ4n) is 2.84. The van der Waals surface area contributed by atoms with E-state index < -0.39 is 0 Å². The number of urea groups is 1. The molecule has 0 aliphatic carbocycles. The minimum atomic E-state index is 0.304. The Morgan fingerprint density at radius 2 is 1.29 bits per heavy atom. The summed E-state index contributed by atoms with van der Waals surface area (Å²) in [7, 11) is 0. The number of amides is 2. The molecule has 98 valence electrons. The van der Waals surface area contributed by atoms with Crippen molar-refractivity contribution < 1.29 is 4.79 Å². The van der Waals surface area contributed by atoms with Crippen LogP contribution in [0, 0.1) is 5.92 Å². The molecule has 0 aromatic carbocycles. The van der Waals surface area contributed by atoms with Gasteiger partial charge in [-0.25, -0.2) is 4.79 Å². The molecular weight excluding hydrogens is 212 g/mol. The zero-order valence-electron chi connectivity index (χ0n) is 11.2. The van der Waals surface area contributed by atoms with Gasteiger partial charge < -0.3 is 9.80 Å². The lowest BCUT2D eigenvalue weighted by Gasteiger charge is -2.35. The Hall–Kier alpha value is -0.730. The number of hydrogen-bond donors (Lipinski definition) is 0. The van der Waals surface area contributed by atoms with Crippen LogP contribution in [0.4, 0.5) is 4.79 Å². The zero-order valence-corrected chi connectivity index (χ0v) is 11.2. The smallest absolute Gasteiger partial charge is 0.319 e. The van der Waals surface area contributed by atoms with Gasteiger partial charge in [0, 0.05) is 26.2 Å². The second-order valence-corrected chi connectivity index (χ2v) is 5.71. The maximum absolute atomic E-state index is 12.4. The summed E-state index contributed by atoms with van der Waals surface area (Å²) < 4.78 is 0. The monoisotopic (exact) mass is 238 g/mol. The zero-order chi connectivity index (χ0) is 12.1. The molecule has 2 aliphatic heterocycles. The Balaban J connectivity index is 1.84. The number of rotatable bonds is 0. The van der Waals surface area contributed by atoms with Crippen molar-refractivity contribution in [2.24, 2.45) is 5.92 Å². The van der Waals surface area contributed by atoms with E-state index in [2.05, 4.69) is 16.7 Å². The molecule has 0 bridgehead atoms. The van der Waals surface area contributed by atoms with Crippen molar-refractivity contribution in [1.29, 1.82) is 0 Å². The molecule has 3 heteroatoms. The van der Waals surface area contributed by atoms with Crippen LogP contribution in [0.25, 0.3) is 0 Å². The first kappa shape index (κ1) is 12.7. The second-order valence-electron chi connectivity index (χ2n) is 5.71. The van der Waals surface area contributed by atoms with Crippen molar-refractivity contribution in [2.75, 3.05) is 26.2 Å². The third-order valence-electron chi connectivity index (χ3n) is 4.18. The molecule has 2 fully saturated rings. The highest BCUT2D eigenvalue weighted by Gasteiger charge is 2.24. The third-order valence-corrected chi connectivity index (χ3v) is 4.18. The molecule has 2 heterocycles. The van der Waals surface area contributed by atoms with Crippen LogP contribution in [0.2, 0.25) is 0 Å². The Morgan fingerprint density at radius 1 is 0.824 bits per heavy atom. The molecule has 0 unspecified atom stereocenters. The van der Waals surface area contributed by atoms with Gasteiger partial charge in [0.2, 0.25) is 0 Å². The van der Waals surface area contributed by atoms with Gasteiger partial charge in [0.15, 0.2) is 0 Å². The topological polar surface area (TPSA) is 23.6 Å². The van der Waals surface area contributed by atoms with Crippen molar-refractivity contribution in [3.8, 4) is 0 Å². The molecule has 2 saturated heterocycles. The number of piperidine rings is 1. The molecule has 0 radical (unpaired) electrons. The minimum Gasteiger partial charge on any atom is -0.325 e. The standard InChI is InChI=1S/C14H26N2O/c1-13-7-11-16(12-8-13)14(17)15-9-5-3-2-4-6-10-15/h13H,2-12H2,1H3. The van der Waals surface area contributed by atoms with E-state index in [0.29, 0.717) is 6.03 Å². The van der Waals surface area contributed by atoms with Crippen LogP contribution in [-0.4, -0.2) is 42.0 Å². The summed E-state index contributed by atoms with van der Waals surface area (Å²) in [5.41, 5.74) is 0. The Kier molecular flexibility index (Phi) is 4.69. The van der Waals surface area contributed by atoms with E-state index >= 15 is 0 Å². The molecule has 0 saturated carbocycles. The van der Waals surface area contributed by atoms with Crippen LogP contribution in [0.3, 0.4) is 0 Å². The van der Waals surface area contributed by atoms with E-state index in [1.807, 2.05) is 0 Å². The number of likely N-dealkylation sites (tertiary alicyclic amines) is 2. The first-order valence-electron chi connectivity index (χ1n) is 7.31. The van der Waals surface area contributed by atoms with E-state index in [1.54, 1.807) is 0 Å². The van der Waals surface area contributed by atoms with Gasteiger partial charge in [-0.15, -0.1) is 0 Å². The summed E-state index contributed by atoms with van der Waals surface area (Å²) in [5, 5.41) is 0. The summed E-state index contributed by atoms with van der Waals surface area (Å²) in [6.07, 6.45) is 8.68. The van der Waals surface area contributed by atoms with Crippen LogP contribution in [0.5, 0.6) is 0 Å². The molecule has 2 rings (SSSR count). The van der Waals surface area contributed by atoms with Crippen molar-refractivity contribution in [3.05, 3.63) is 0 Å². The van der Waals surface area contributed by atoms with E-state index in [0.717, 1.165) is 32.1 Å². The van der Waals surface area contributed by atoms with Crippen LogP contribution >= 0.6 is 0 Å². The molecule has 2 aliphatic rings. The first-order valence-corrected chi connectivity index (χ1v) is 7.31. The summed E-state index contributed by atoms with van der Waals surface area (Å²) >= 11 is 0. The second kappa shape index (κ2) is 6.27. The molecule has 0 N–H and O–H groups in total. The number of carbonyl (C=O) groups excluding carboxylic acids is 1. The highest BCUT2D eigenvalue weighted by Crippen LogP contribution is 2.18. The number of hydrogen-bond acceptors (Lipinski definition) is 1. The van der Waals surface area contributed by atoms with Crippen molar-refractivity contribution >= 4 is 6.03 Å². The predicted molar refractivity (Wildman–Crippen MR) is 70.0 cm³/mol. The van der Waals surface area contributed by atoms with Gasteiger partial charge >= 0.3 is 6.03 Å². The van der Waals surface area contributed by atoms with E-state index in [9.17, 15) is 4.79 Å². The molecule has 0 aromatic rings. The Labute approximate surface area is 105 Å². The average molecular weight is 238 g/mol. The van der Waals surface area contributed by atoms with Gasteiger partial charge in [-0.3, -0.25) is 0 Å². The minimum absolute atomic E-state index is 0.304. The third kappa shape index (κ3) is 3.62. The van der Waals surface area contributed by atoms with Gasteiger partial charge in [0.25, 0.3) is 0 Å². The fraction of sp³-hybridized carbons (Fsp3) is 0.929. The Bertz CT molecular complexity index is 239. The largest absolute Gasteiger partial charge is 0.325 e. The highest BCUT2D eigenvalue weighted by molar-refractivity contribution is 5.74. The molecule has 3 nitrogen and oxygen atoms in total. The maximum atomic E-state index is 12.4. The number of nitrogens with zero attached hydrogens (tertiary/aromatic N) is 2. The molecule has 0 spiro atoms. The van der Waals surface area contributed by atoms with Crippen molar-refractivity contribution in [1.82, 2.24) is 9.80 Å². The normalized spacial score (nSPS) is 24.3. The van der Waals surface area contributed by atoms with Gasteiger partial charge in [0.1, 0.15) is 0 Å². The van der Waals surface area contributed by atoms with Gasteiger partial charge in [-0.05, 0) is 31.6 Å². The quantitative estimate of drug-likeness (QED) is 0.636. The highest BCUT2D eigenvalue weighted by atomic mass is 16.2. The van der Waals surface area contributed by atoms with Crippen LogP contribution in [-0.2, 0) is 0 Å². The number of carbonyl (C=O) groups is 1. The van der Waals surface area contributed by atoms with Crippen LogP contribution in [0.15, 0.2) is 0 Å². The summed E-state index contributed by atoms with van der Waals surface area (Å²) in [6, 6.07) is 0.304. The van der Waals surface area contributed by atoms with Gasteiger partial charge in [0.05, 0.1) is 0 Å². The van der Waals surface area contributed by atoms with Crippen LogP contribution in [0.1, 0.15) is 51.9 Å². The molecule has 0 atom stereocenters. The van der Waals surface area contributed by atoms with Crippen molar-refractivity contribution in [3.63, 3.8) is 0 Å². The maximum Gasteiger partial charge on any atom is 0.319 e. The fourth-order valence-corrected chi connectivity index (χ4v) is 2.84.